The molecule has 0 amide bonds. The number of nitriles is 1. The lowest BCUT2D eigenvalue weighted by atomic mass is 10.2. The van der Waals surface area contributed by atoms with E-state index in [0.29, 0.717) is 29.5 Å². The van der Waals surface area contributed by atoms with E-state index in [1.54, 1.807) is 13.2 Å². The molecule has 2 heterocycles. The molecule has 6 nitrogen and oxygen atoms in total. The van der Waals surface area contributed by atoms with Crippen LogP contribution in [0.4, 0.5) is 5.82 Å². The van der Waals surface area contributed by atoms with Crippen LogP contribution in [0.15, 0.2) is 42.9 Å². The van der Waals surface area contributed by atoms with Crippen molar-refractivity contribution in [3.05, 3.63) is 48.4 Å². The molecule has 0 aliphatic rings. The van der Waals surface area contributed by atoms with E-state index in [0.717, 1.165) is 5.56 Å². The molecule has 1 N–H and O–H groups in total. The smallest absolute Gasteiger partial charge is 0.265 e. The van der Waals surface area contributed by atoms with Crippen LogP contribution in [0.2, 0.25) is 0 Å². The molecule has 3 aromatic rings. The normalized spacial score (nSPS) is 10.3. The third-order valence-electron chi connectivity index (χ3n) is 3.02. The summed E-state index contributed by atoms with van der Waals surface area (Å²) in [6.45, 7) is 0. The molecule has 2 aromatic heterocycles. The van der Waals surface area contributed by atoms with Gasteiger partial charge in [0.05, 0.1) is 18.7 Å². The number of hydrogen-bond acceptors (Lipinski definition) is 5. The first-order valence-electron chi connectivity index (χ1n) is 6.45. The van der Waals surface area contributed by atoms with Crippen LogP contribution in [0.3, 0.4) is 0 Å². The fourth-order valence-electron chi connectivity index (χ4n) is 1.97. The lowest BCUT2D eigenvalue weighted by Gasteiger charge is -2.08. The Morgan fingerprint density at radius 3 is 2.86 bits per heavy atom. The quantitative estimate of drug-likeness (QED) is 0.794. The second-order valence-corrected chi connectivity index (χ2v) is 4.42. The Morgan fingerprint density at radius 1 is 1.33 bits per heavy atom. The highest BCUT2D eigenvalue weighted by atomic mass is 16.5. The number of aromatic nitrogens is 3. The summed E-state index contributed by atoms with van der Waals surface area (Å²) in [5.74, 6) is 1.78. The zero-order valence-electron chi connectivity index (χ0n) is 11.4. The number of rotatable bonds is 4. The molecule has 104 valence electrons. The number of anilines is 1. The van der Waals surface area contributed by atoms with Crippen LogP contribution in [-0.4, -0.2) is 21.4 Å². The number of ether oxygens (including phenoxy) is 1. The molecule has 0 bridgehead atoms. The highest BCUT2D eigenvalue weighted by Gasteiger charge is 2.09. The molecular formula is C15H13N5O. The Bertz CT molecular complexity index is 801. The Morgan fingerprint density at radius 2 is 2.14 bits per heavy atom. The molecular weight excluding hydrogens is 266 g/mol. The van der Waals surface area contributed by atoms with Crippen molar-refractivity contribution in [1.29, 1.82) is 5.26 Å². The minimum absolute atomic E-state index is 0.387. The summed E-state index contributed by atoms with van der Waals surface area (Å²) >= 11 is 0. The van der Waals surface area contributed by atoms with E-state index < -0.39 is 0 Å². The Kier molecular flexibility index (Phi) is 3.39. The van der Waals surface area contributed by atoms with Gasteiger partial charge in [0.1, 0.15) is 11.6 Å². The molecule has 0 radical (unpaired) electrons. The lowest BCUT2D eigenvalue weighted by molar-refractivity contribution is 0.465. The van der Waals surface area contributed by atoms with Gasteiger partial charge in [0.2, 0.25) is 5.65 Å². The summed E-state index contributed by atoms with van der Waals surface area (Å²) in [4.78, 5) is 8.62. The van der Waals surface area contributed by atoms with Crippen molar-refractivity contribution in [3.63, 3.8) is 0 Å². The minimum atomic E-state index is 0.387. The fourth-order valence-corrected chi connectivity index (χ4v) is 1.97. The van der Waals surface area contributed by atoms with Crippen LogP contribution in [0.5, 0.6) is 11.6 Å². The maximum atomic E-state index is 8.67. The first kappa shape index (κ1) is 12.9. The number of nitrogens with one attached hydrogen (secondary N) is 1. The van der Waals surface area contributed by atoms with Crippen LogP contribution < -0.4 is 10.1 Å². The monoisotopic (exact) mass is 279 g/mol. The molecule has 21 heavy (non-hydrogen) atoms. The second-order valence-electron chi connectivity index (χ2n) is 4.42. The SMILES string of the molecule is CNc1cn2ccnc2c(Oc2ccc(CC#N)cc2)n1. The molecule has 0 atom stereocenters. The molecule has 0 saturated carbocycles. The molecule has 6 heteroatoms. The maximum Gasteiger partial charge on any atom is 0.265 e. The first-order valence-corrected chi connectivity index (χ1v) is 6.45. The number of hydrogen-bond donors (Lipinski definition) is 1. The van der Waals surface area contributed by atoms with Crippen LogP contribution in [0.1, 0.15) is 5.56 Å². The first-order chi connectivity index (χ1) is 10.3. The van der Waals surface area contributed by atoms with Crippen molar-refractivity contribution in [3.8, 4) is 17.7 Å². The third kappa shape index (κ3) is 2.62. The average molecular weight is 279 g/mol. The van der Waals surface area contributed by atoms with Crippen LogP contribution in [0, 0.1) is 11.3 Å². The zero-order valence-corrected chi connectivity index (χ0v) is 11.4. The van der Waals surface area contributed by atoms with Gasteiger partial charge >= 0.3 is 0 Å². The van der Waals surface area contributed by atoms with Gasteiger partial charge in [-0.1, -0.05) is 12.1 Å². The molecule has 0 spiro atoms. The fraction of sp³-hybridized carbons (Fsp3) is 0.133. The van der Waals surface area contributed by atoms with Crippen LogP contribution >= 0.6 is 0 Å². The predicted molar refractivity (Wildman–Crippen MR) is 78.4 cm³/mol. The van der Waals surface area contributed by atoms with E-state index >= 15 is 0 Å². The highest BCUT2D eigenvalue weighted by molar-refractivity contribution is 5.55. The van der Waals surface area contributed by atoms with Crippen molar-refractivity contribution in [2.24, 2.45) is 0 Å². The van der Waals surface area contributed by atoms with Gasteiger partial charge in [0, 0.05) is 19.4 Å². The molecule has 0 fully saturated rings. The van der Waals surface area contributed by atoms with E-state index in [9.17, 15) is 0 Å². The van der Waals surface area contributed by atoms with Gasteiger partial charge in [-0.25, -0.2) is 4.98 Å². The van der Waals surface area contributed by atoms with Crippen molar-refractivity contribution in [2.75, 3.05) is 12.4 Å². The van der Waals surface area contributed by atoms with Gasteiger partial charge in [0.15, 0.2) is 0 Å². The molecule has 0 saturated heterocycles. The topological polar surface area (TPSA) is 75.2 Å². The summed E-state index contributed by atoms with van der Waals surface area (Å²) in [6.07, 6.45) is 5.75. The van der Waals surface area contributed by atoms with Crippen molar-refractivity contribution < 1.29 is 4.74 Å². The van der Waals surface area contributed by atoms with Crippen LogP contribution in [-0.2, 0) is 6.42 Å². The standard InChI is InChI=1S/C15H13N5O/c1-17-13-10-20-9-8-18-14(20)15(19-13)21-12-4-2-11(3-5-12)6-7-16/h2-5,8-10,17H,6H2,1H3. The van der Waals surface area contributed by atoms with E-state index in [1.165, 1.54) is 0 Å². The number of nitrogens with zero attached hydrogens (tertiary/aromatic N) is 4. The number of benzene rings is 1. The number of fused-ring (bicyclic) bond motifs is 1. The Balaban J connectivity index is 1.93. The summed E-state index contributed by atoms with van der Waals surface area (Å²) in [6, 6.07) is 9.48. The molecule has 3 rings (SSSR count). The minimum Gasteiger partial charge on any atom is -0.436 e. The Hall–Kier alpha value is -3.07. The van der Waals surface area contributed by atoms with Crippen molar-refractivity contribution in [2.45, 2.75) is 6.42 Å². The Labute approximate surface area is 121 Å². The van der Waals surface area contributed by atoms with E-state index in [1.807, 2.05) is 41.1 Å². The van der Waals surface area contributed by atoms with E-state index in [-0.39, 0.29) is 0 Å². The third-order valence-corrected chi connectivity index (χ3v) is 3.02. The zero-order chi connectivity index (χ0) is 14.7. The molecule has 0 aliphatic heterocycles. The van der Waals surface area contributed by atoms with Gasteiger partial charge in [-0.15, -0.1) is 0 Å². The van der Waals surface area contributed by atoms with Crippen molar-refractivity contribution >= 4 is 11.5 Å². The lowest BCUT2D eigenvalue weighted by Crippen LogP contribution is -1.99. The van der Waals surface area contributed by atoms with Gasteiger partial charge in [-0.05, 0) is 17.7 Å². The molecule has 0 unspecified atom stereocenters. The van der Waals surface area contributed by atoms with Gasteiger partial charge in [-0.2, -0.15) is 10.2 Å². The summed E-state index contributed by atoms with van der Waals surface area (Å²) in [5, 5.41) is 11.7. The van der Waals surface area contributed by atoms with Gasteiger partial charge in [-0.3, -0.25) is 4.40 Å². The van der Waals surface area contributed by atoms with Gasteiger partial charge in [0.25, 0.3) is 5.88 Å². The molecule has 0 aliphatic carbocycles. The van der Waals surface area contributed by atoms with Crippen LogP contribution in [0.25, 0.3) is 5.65 Å². The molecule has 1 aromatic carbocycles. The largest absolute Gasteiger partial charge is 0.436 e. The van der Waals surface area contributed by atoms with Crippen molar-refractivity contribution in [1.82, 2.24) is 14.4 Å². The van der Waals surface area contributed by atoms with E-state index in [4.69, 9.17) is 10.00 Å². The summed E-state index contributed by atoms with van der Waals surface area (Å²) in [5.41, 5.74) is 1.60. The average Bonchev–Trinajstić information content (AvgIpc) is 2.98. The second kappa shape index (κ2) is 5.51. The summed E-state index contributed by atoms with van der Waals surface area (Å²) in [7, 11) is 1.80. The number of imidazole rings is 1. The predicted octanol–water partition coefficient (Wildman–Crippen LogP) is 2.63. The summed E-state index contributed by atoms with van der Waals surface area (Å²) < 4.78 is 7.65. The van der Waals surface area contributed by atoms with Gasteiger partial charge < -0.3 is 10.1 Å². The van der Waals surface area contributed by atoms with E-state index in [2.05, 4.69) is 21.4 Å². The maximum absolute atomic E-state index is 8.67. The highest BCUT2D eigenvalue weighted by Crippen LogP contribution is 2.25.